The van der Waals surface area contributed by atoms with Gasteiger partial charge in [-0.3, -0.25) is 4.79 Å². The maximum Gasteiger partial charge on any atom is 0.253 e. The summed E-state index contributed by atoms with van der Waals surface area (Å²) in [4.78, 5) is 11.8. The zero-order chi connectivity index (χ0) is 12.3. The average molecular weight is 295 g/mol. The number of halogens is 1. The van der Waals surface area contributed by atoms with Gasteiger partial charge in [0, 0.05) is 10.2 Å². The Morgan fingerprint density at radius 2 is 2.24 bits per heavy atom. The predicted octanol–water partition coefficient (Wildman–Crippen LogP) is 2.55. The van der Waals surface area contributed by atoms with Gasteiger partial charge in [0.25, 0.3) is 5.91 Å². The third-order valence-electron chi connectivity index (χ3n) is 2.26. The van der Waals surface area contributed by atoms with Gasteiger partial charge in [-0.05, 0) is 30.3 Å². The summed E-state index contributed by atoms with van der Waals surface area (Å²) < 4.78 is 5.96. The van der Waals surface area contributed by atoms with Crippen LogP contribution in [0.5, 0.6) is 0 Å². The number of anilines is 1. The summed E-state index contributed by atoms with van der Waals surface area (Å²) in [6.45, 7) is 0.349. The minimum atomic E-state index is -0.216. The highest BCUT2D eigenvalue weighted by Gasteiger charge is 2.09. The molecule has 0 saturated carbocycles. The summed E-state index contributed by atoms with van der Waals surface area (Å²) in [6.07, 6.45) is 1.56. The van der Waals surface area contributed by atoms with Crippen molar-refractivity contribution in [1.29, 1.82) is 0 Å². The van der Waals surface area contributed by atoms with Crippen molar-refractivity contribution in [2.24, 2.45) is 0 Å². The Morgan fingerprint density at radius 3 is 2.88 bits per heavy atom. The number of nitrogens with one attached hydrogen (secondary N) is 1. The molecule has 1 aromatic heterocycles. The Labute approximate surface area is 107 Å². The fourth-order valence-corrected chi connectivity index (χ4v) is 1.79. The van der Waals surface area contributed by atoms with Gasteiger partial charge in [0.15, 0.2) is 0 Å². The van der Waals surface area contributed by atoms with E-state index in [1.54, 1.807) is 36.6 Å². The molecule has 5 heteroatoms. The lowest BCUT2D eigenvalue weighted by atomic mass is 10.1. The lowest BCUT2D eigenvalue weighted by molar-refractivity contribution is 0.0949. The second-order valence-corrected chi connectivity index (χ2v) is 4.41. The van der Waals surface area contributed by atoms with E-state index in [-0.39, 0.29) is 5.91 Å². The molecule has 0 unspecified atom stereocenters. The second kappa shape index (κ2) is 5.05. The van der Waals surface area contributed by atoms with Crippen molar-refractivity contribution >= 4 is 27.5 Å². The normalized spacial score (nSPS) is 10.2. The van der Waals surface area contributed by atoms with Gasteiger partial charge < -0.3 is 15.5 Å². The quantitative estimate of drug-likeness (QED) is 0.855. The highest BCUT2D eigenvalue weighted by Crippen LogP contribution is 2.18. The first-order valence-electron chi connectivity index (χ1n) is 5.02. The Morgan fingerprint density at radius 1 is 1.41 bits per heavy atom. The van der Waals surface area contributed by atoms with Gasteiger partial charge in [0.05, 0.1) is 18.4 Å². The first kappa shape index (κ1) is 11.7. The fourth-order valence-electron chi connectivity index (χ4n) is 1.42. The van der Waals surface area contributed by atoms with Crippen molar-refractivity contribution < 1.29 is 9.21 Å². The van der Waals surface area contributed by atoms with Crippen LogP contribution in [0.25, 0.3) is 0 Å². The molecule has 2 rings (SSSR count). The molecule has 0 saturated heterocycles. The van der Waals surface area contributed by atoms with Crippen molar-refractivity contribution in [3.8, 4) is 0 Å². The van der Waals surface area contributed by atoms with Crippen molar-refractivity contribution in [3.63, 3.8) is 0 Å². The smallest absolute Gasteiger partial charge is 0.253 e. The Kier molecular flexibility index (Phi) is 3.49. The van der Waals surface area contributed by atoms with Crippen LogP contribution in [0.4, 0.5) is 5.69 Å². The minimum Gasteiger partial charge on any atom is -0.467 e. The number of furan rings is 1. The average Bonchev–Trinajstić information content (AvgIpc) is 2.78. The lowest BCUT2D eigenvalue weighted by Gasteiger charge is -2.06. The molecule has 0 spiro atoms. The van der Waals surface area contributed by atoms with E-state index in [9.17, 15) is 4.79 Å². The summed E-state index contributed by atoms with van der Waals surface area (Å²) in [7, 11) is 0. The summed E-state index contributed by atoms with van der Waals surface area (Å²) in [5, 5.41) is 2.73. The van der Waals surface area contributed by atoms with Crippen LogP contribution in [0.1, 0.15) is 16.1 Å². The van der Waals surface area contributed by atoms with E-state index in [0.29, 0.717) is 23.6 Å². The van der Waals surface area contributed by atoms with E-state index < -0.39 is 0 Å². The van der Waals surface area contributed by atoms with E-state index in [1.165, 1.54) is 0 Å². The Balaban J connectivity index is 2.04. The van der Waals surface area contributed by atoms with E-state index in [4.69, 9.17) is 10.2 Å². The lowest BCUT2D eigenvalue weighted by Crippen LogP contribution is -2.23. The van der Waals surface area contributed by atoms with Crippen LogP contribution in [0.15, 0.2) is 45.5 Å². The van der Waals surface area contributed by atoms with E-state index in [1.807, 2.05) is 0 Å². The van der Waals surface area contributed by atoms with Crippen LogP contribution < -0.4 is 11.1 Å². The van der Waals surface area contributed by atoms with Crippen LogP contribution in [-0.4, -0.2) is 5.91 Å². The van der Waals surface area contributed by atoms with Crippen LogP contribution in [0.2, 0.25) is 0 Å². The molecule has 88 valence electrons. The third-order valence-corrected chi connectivity index (χ3v) is 2.75. The van der Waals surface area contributed by atoms with Gasteiger partial charge in [-0.15, -0.1) is 0 Å². The summed E-state index contributed by atoms with van der Waals surface area (Å²) in [5.74, 6) is 0.487. The standard InChI is InChI=1S/C12H11BrN2O2/c13-8-3-4-10(11(14)6-8)12(16)15-7-9-2-1-5-17-9/h1-6H,7,14H2,(H,15,16). The van der Waals surface area contributed by atoms with Crippen molar-refractivity contribution in [2.75, 3.05) is 5.73 Å². The van der Waals surface area contributed by atoms with E-state index >= 15 is 0 Å². The highest BCUT2D eigenvalue weighted by molar-refractivity contribution is 9.10. The van der Waals surface area contributed by atoms with Gasteiger partial charge >= 0.3 is 0 Å². The van der Waals surface area contributed by atoms with Crippen LogP contribution in [0.3, 0.4) is 0 Å². The number of rotatable bonds is 3. The molecule has 0 atom stereocenters. The van der Waals surface area contributed by atoms with Gasteiger partial charge in [-0.1, -0.05) is 15.9 Å². The molecular weight excluding hydrogens is 284 g/mol. The molecule has 3 N–H and O–H groups in total. The number of hydrogen-bond donors (Lipinski definition) is 2. The third kappa shape index (κ3) is 2.88. The zero-order valence-electron chi connectivity index (χ0n) is 8.94. The number of amides is 1. The molecular formula is C12H11BrN2O2. The molecule has 0 aliphatic rings. The van der Waals surface area contributed by atoms with Gasteiger partial charge in [-0.25, -0.2) is 0 Å². The summed E-state index contributed by atoms with van der Waals surface area (Å²) >= 11 is 3.29. The maximum atomic E-state index is 11.8. The van der Waals surface area contributed by atoms with Crippen molar-refractivity contribution in [3.05, 3.63) is 52.4 Å². The van der Waals surface area contributed by atoms with E-state index in [2.05, 4.69) is 21.2 Å². The topological polar surface area (TPSA) is 68.3 Å². The molecule has 0 aliphatic carbocycles. The Bertz CT molecular complexity index is 523. The number of nitrogens with two attached hydrogens (primary N) is 1. The van der Waals surface area contributed by atoms with Crippen molar-refractivity contribution in [1.82, 2.24) is 5.32 Å². The molecule has 4 nitrogen and oxygen atoms in total. The van der Waals surface area contributed by atoms with Gasteiger partial charge in [0.2, 0.25) is 0 Å². The summed E-state index contributed by atoms with van der Waals surface area (Å²) in [5.41, 5.74) is 6.66. The Hall–Kier alpha value is -1.75. The van der Waals surface area contributed by atoms with Crippen LogP contribution in [0, 0.1) is 0 Å². The minimum absolute atomic E-state index is 0.216. The molecule has 0 aliphatic heterocycles. The first-order valence-corrected chi connectivity index (χ1v) is 5.82. The zero-order valence-corrected chi connectivity index (χ0v) is 10.5. The molecule has 0 bridgehead atoms. The molecule has 0 fully saturated rings. The maximum absolute atomic E-state index is 11.8. The molecule has 1 aromatic carbocycles. The summed E-state index contributed by atoms with van der Waals surface area (Å²) in [6, 6.07) is 8.72. The predicted molar refractivity (Wildman–Crippen MR) is 68.4 cm³/mol. The first-order chi connectivity index (χ1) is 8.16. The number of nitrogen functional groups attached to an aromatic ring is 1. The SMILES string of the molecule is Nc1cc(Br)ccc1C(=O)NCc1ccco1. The molecule has 1 amide bonds. The van der Waals surface area contributed by atoms with Crippen LogP contribution >= 0.6 is 15.9 Å². The molecule has 17 heavy (non-hydrogen) atoms. The number of carbonyl (C=O) groups is 1. The molecule has 1 heterocycles. The number of benzene rings is 1. The second-order valence-electron chi connectivity index (χ2n) is 3.49. The monoisotopic (exact) mass is 294 g/mol. The van der Waals surface area contributed by atoms with E-state index in [0.717, 1.165) is 4.47 Å². The van der Waals surface area contributed by atoms with Gasteiger partial charge in [-0.2, -0.15) is 0 Å². The molecule has 0 radical (unpaired) electrons. The van der Waals surface area contributed by atoms with Crippen LogP contribution in [-0.2, 0) is 6.54 Å². The van der Waals surface area contributed by atoms with Crippen molar-refractivity contribution in [2.45, 2.75) is 6.54 Å². The number of carbonyl (C=O) groups excluding carboxylic acids is 1. The largest absolute Gasteiger partial charge is 0.467 e. The fraction of sp³-hybridized carbons (Fsp3) is 0.0833. The molecule has 2 aromatic rings. The van der Waals surface area contributed by atoms with Gasteiger partial charge in [0.1, 0.15) is 5.76 Å². The highest BCUT2D eigenvalue weighted by atomic mass is 79.9. The number of hydrogen-bond acceptors (Lipinski definition) is 3.